The molecule has 1 aliphatic rings. The van der Waals surface area contributed by atoms with E-state index >= 15 is 0 Å². The molecule has 0 spiro atoms. The zero-order chi connectivity index (χ0) is 16.2. The minimum atomic E-state index is -0.554. The predicted molar refractivity (Wildman–Crippen MR) is 86.8 cm³/mol. The van der Waals surface area contributed by atoms with Crippen molar-refractivity contribution in [2.45, 2.75) is 18.9 Å². The van der Waals surface area contributed by atoms with Crippen molar-refractivity contribution >= 4 is 17.6 Å². The number of pyridine rings is 1. The highest BCUT2D eigenvalue weighted by Crippen LogP contribution is 2.33. The second kappa shape index (κ2) is 6.48. The Morgan fingerprint density at radius 3 is 2.70 bits per heavy atom. The number of nitrogens with two attached hydrogens (primary N) is 1. The second-order valence-corrected chi connectivity index (χ2v) is 5.49. The molecular formula is C17H18N4O2. The van der Waals surface area contributed by atoms with Crippen LogP contribution in [0.4, 0.5) is 10.5 Å². The third kappa shape index (κ3) is 3.31. The maximum Gasteiger partial charge on any atom is 0.312 e. The van der Waals surface area contributed by atoms with Crippen molar-refractivity contribution in [3.8, 4) is 0 Å². The number of aromatic nitrogens is 1. The van der Waals surface area contributed by atoms with Gasteiger partial charge in [0.2, 0.25) is 5.91 Å². The van der Waals surface area contributed by atoms with Gasteiger partial charge in [0, 0.05) is 24.6 Å². The van der Waals surface area contributed by atoms with Crippen molar-refractivity contribution in [3.63, 3.8) is 0 Å². The molecule has 23 heavy (non-hydrogen) atoms. The molecule has 2 heterocycles. The largest absolute Gasteiger partial charge is 0.352 e. The number of primary amides is 1. The number of carbonyl (C=O) groups excluding carboxylic acids is 2. The van der Waals surface area contributed by atoms with Gasteiger partial charge >= 0.3 is 6.03 Å². The van der Waals surface area contributed by atoms with E-state index in [1.54, 1.807) is 17.3 Å². The number of nitrogens with zero attached hydrogens (tertiary/aromatic N) is 2. The van der Waals surface area contributed by atoms with Crippen LogP contribution in [0, 0.1) is 0 Å². The number of fused-ring (bicyclic) bond motifs is 1. The molecule has 1 unspecified atom stereocenters. The highest BCUT2D eigenvalue weighted by molar-refractivity contribution is 5.96. The lowest BCUT2D eigenvalue weighted by molar-refractivity contribution is -0.118. The molecule has 6 heteroatoms. The molecule has 0 saturated carbocycles. The summed E-state index contributed by atoms with van der Waals surface area (Å²) in [6.07, 6.45) is 4.33. The lowest BCUT2D eigenvalue weighted by Gasteiger charge is -2.34. The standard InChI is InChI=1S/C17H18N4O2/c18-17(23)20-14-7-10-21(15-4-2-1-3-13(14)15)16(22)11-12-5-8-19-9-6-12/h1-6,8-9,14H,7,10-11H2,(H3,18,20,23). The number of carbonyl (C=O) groups is 2. The van der Waals surface area contributed by atoms with E-state index in [4.69, 9.17) is 5.73 Å². The van der Waals surface area contributed by atoms with Gasteiger partial charge in [0.1, 0.15) is 0 Å². The molecular weight excluding hydrogens is 292 g/mol. The summed E-state index contributed by atoms with van der Waals surface area (Å²) in [7, 11) is 0. The van der Waals surface area contributed by atoms with E-state index in [2.05, 4.69) is 10.3 Å². The molecule has 0 fully saturated rings. The molecule has 0 saturated heterocycles. The molecule has 6 nitrogen and oxygen atoms in total. The average Bonchev–Trinajstić information content (AvgIpc) is 2.55. The summed E-state index contributed by atoms with van der Waals surface area (Å²) in [5.41, 5.74) is 7.92. The van der Waals surface area contributed by atoms with Gasteiger partial charge in [-0.3, -0.25) is 9.78 Å². The molecule has 2 aromatic rings. The number of hydrogen-bond donors (Lipinski definition) is 2. The van der Waals surface area contributed by atoms with Gasteiger partial charge in [-0.1, -0.05) is 18.2 Å². The fraction of sp³-hybridized carbons (Fsp3) is 0.235. The van der Waals surface area contributed by atoms with Crippen LogP contribution >= 0.6 is 0 Å². The Bertz CT molecular complexity index is 718. The molecule has 1 aromatic heterocycles. The van der Waals surface area contributed by atoms with Gasteiger partial charge in [0.25, 0.3) is 0 Å². The zero-order valence-corrected chi connectivity index (χ0v) is 12.6. The molecule has 3 rings (SSSR count). The molecule has 0 aliphatic carbocycles. The van der Waals surface area contributed by atoms with E-state index in [1.807, 2.05) is 36.4 Å². The van der Waals surface area contributed by atoms with Crippen molar-refractivity contribution < 1.29 is 9.59 Å². The summed E-state index contributed by atoms with van der Waals surface area (Å²) >= 11 is 0. The normalized spacial score (nSPS) is 16.5. The van der Waals surface area contributed by atoms with Crippen molar-refractivity contribution in [2.24, 2.45) is 5.73 Å². The first-order chi connectivity index (χ1) is 11.1. The van der Waals surface area contributed by atoms with E-state index in [9.17, 15) is 9.59 Å². The molecule has 1 aromatic carbocycles. The third-order valence-electron chi connectivity index (χ3n) is 3.97. The van der Waals surface area contributed by atoms with Crippen LogP contribution in [0.25, 0.3) is 0 Å². The molecule has 0 radical (unpaired) electrons. The fourth-order valence-corrected chi connectivity index (χ4v) is 2.91. The molecule has 118 valence electrons. The number of amides is 3. The number of urea groups is 1. The Hall–Kier alpha value is -2.89. The lowest BCUT2D eigenvalue weighted by atomic mass is 9.96. The minimum Gasteiger partial charge on any atom is -0.352 e. The van der Waals surface area contributed by atoms with E-state index in [0.29, 0.717) is 19.4 Å². The predicted octanol–water partition coefficient (Wildman–Crippen LogP) is 1.77. The van der Waals surface area contributed by atoms with Crippen LogP contribution in [0.3, 0.4) is 0 Å². The van der Waals surface area contributed by atoms with E-state index in [0.717, 1.165) is 16.8 Å². The Morgan fingerprint density at radius 1 is 1.22 bits per heavy atom. The summed E-state index contributed by atoms with van der Waals surface area (Å²) in [4.78, 5) is 29.5. The molecule has 1 aliphatic heterocycles. The van der Waals surface area contributed by atoms with Gasteiger partial charge < -0.3 is 16.0 Å². The maximum absolute atomic E-state index is 12.7. The van der Waals surface area contributed by atoms with Gasteiger partial charge in [0.05, 0.1) is 12.5 Å². The van der Waals surface area contributed by atoms with Gasteiger partial charge in [0.15, 0.2) is 0 Å². The Labute approximate surface area is 134 Å². The highest BCUT2D eigenvalue weighted by Gasteiger charge is 2.28. The number of benzene rings is 1. The summed E-state index contributed by atoms with van der Waals surface area (Å²) in [6, 6.07) is 10.6. The monoisotopic (exact) mass is 310 g/mol. The highest BCUT2D eigenvalue weighted by atomic mass is 16.2. The Balaban J connectivity index is 1.83. The van der Waals surface area contributed by atoms with Crippen LogP contribution in [0.5, 0.6) is 0 Å². The van der Waals surface area contributed by atoms with Crippen LogP contribution in [-0.4, -0.2) is 23.5 Å². The molecule has 1 atom stereocenters. The van der Waals surface area contributed by atoms with Crippen LogP contribution in [-0.2, 0) is 11.2 Å². The second-order valence-electron chi connectivity index (χ2n) is 5.49. The number of hydrogen-bond acceptors (Lipinski definition) is 3. The van der Waals surface area contributed by atoms with E-state index < -0.39 is 6.03 Å². The fourth-order valence-electron chi connectivity index (χ4n) is 2.91. The topological polar surface area (TPSA) is 88.3 Å². The third-order valence-corrected chi connectivity index (χ3v) is 3.97. The van der Waals surface area contributed by atoms with Gasteiger partial charge in [-0.2, -0.15) is 0 Å². The summed E-state index contributed by atoms with van der Waals surface area (Å²) in [5.74, 6) is 0.0289. The molecule has 3 amide bonds. The molecule has 3 N–H and O–H groups in total. The van der Waals surface area contributed by atoms with Crippen molar-refractivity contribution in [2.75, 3.05) is 11.4 Å². The SMILES string of the molecule is NC(=O)NC1CCN(C(=O)Cc2ccncc2)c2ccccc21. The Kier molecular flexibility index (Phi) is 4.23. The van der Waals surface area contributed by atoms with Gasteiger partial charge in [-0.15, -0.1) is 0 Å². The summed E-state index contributed by atoms with van der Waals surface area (Å²) < 4.78 is 0. The maximum atomic E-state index is 12.7. The summed E-state index contributed by atoms with van der Waals surface area (Å²) in [5, 5.41) is 2.74. The number of rotatable bonds is 3. The van der Waals surface area contributed by atoms with Gasteiger partial charge in [-0.25, -0.2) is 4.79 Å². The minimum absolute atomic E-state index is 0.0289. The lowest BCUT2D eigenvalue weighted by Crippen LogP contribution is -2.42. The van der Waals surface area contributed by atoms with E-state index in [-0.39, 0.29) is 11.9 Å². The zero-order valence-electron chi connectivity index (χ0n) is 12.6. The first-order valence-electron chi connectivity index (χ1n) is 7.49. The quantitative estimate of drug-likeness (QED) is 0.905. The van der Waals surface area contributed by atoms with Crippen LogP contribution in [0.1, 0.15) is 23.6 Å². The van der Waals surface area contributed by atoms with Gasteiger partial charge in [-0.05, 0) is 35.7 Å². The Morgan fingerprint density at radius 2 is 1.96 bits per heavy atom. The summed E-state index contributed by atoms with van der Waals surface area (Å²) in [6.45, 7) is 0.547. The van der Waals surface area contributed by atoms with Crippen LogP contribution in [0.2, 0.25) is 0 Å². The average molecular weight is 310 g/mol. The molecule has 0 bridgehead atoms. The van der Waals surface area contributed by atoms with Crippen molar-refractivity contribution in [1.29, 1.82) is 0 Å². The smallest absolute Gasteiger partial charge is 0.312 e. The number of nitrogens with one attached hydrogen (secondary N) is 1. The first-order valence-corrected chi connectivity index (χ1v) is 7.49. The number of para-hydroxylation sites is 1. The van der Waals surface area contributed by atoms with Crippen molar-refractivity contribution in [3.05, 3.63) is 59.9 Å². The van der Waals surface area contributed by atoms with Crippen LogP contribution < -0.4 is 16.0 Å². The number of anilines is 1. The van der Waals surface area contributed by atoms with Crippen molar-refractivity contribution in [1.82, 2.24) is 10.3 Å². The van der Waals surface area contributed by atoms with Crippen LogP contribution in [0.15, 0.2) is 48.8 Å². The first kappa shape index (κ1) is 15.0. The van der Waals surface area contributed by atoms with E-state index in [1.165, 1.54) is 0 Å².